The lowest BCUT2D eigenvalue weighted by atomic mass is 9.85. The van der Waals surface area contributed by atoms with Crippen molar-refractivity contribution >= 4 is 5.78 Å². The molecule has 1 aromatic rings. The molecule has 3 heteroatoms. The van der Waals surface area contributed by atoms with Crippen LogP contribution in [0.4, 0.5) is 0 Å². The third-order valence-corrected chi connectivity index (χ3v) is 3.20. The van der Waals surface area contributed by atoms with E-state index in [-0.39, 0.29) is 0 Å². The fourth-order valence-corrected chi connectivity index (χ4v) is 2.22. The van der Waals surface area contributed by atoms with Crippen LogP contribution in [0.15, 0.2) is 12.4 Å². The van der Waals surface area contributed by atoms with Crippen LogP contribution < -0.4 is 0 Å². The summed E-state index contributed by atoms with van der Waals surface area (Å²) in [4.78, 5) is 11.1. The molecule has 3 nitrogen and oxygen atoms in total. The molecule has 82 valence electrons. The molecule has 0 unspecified atom stereocenters. The van der Waals surface area contributed by atoms with Crippen molar-refractivity contribution in [3.8, 4) is 0 Å². The zero-order valence-electron chi connectivity index (χ0n) is 9.28. The van der Waals surface area contributed by atoms with Gasteiger partial charge in [-0.3, -0.25) is 9.48 Å². The van der Waals surface area contributed by atoms with Crippen molar-refractivity contribution in [3.05, 3.63) is 18.0 Å². The molecule has 0 amide bonds. The van der Waals surface area contributed by atoms with Gasteiger partial charge in [0, 0.05) is 25.6 Å². The maximum atomic E-state index is 11.1. The van der Waals surface area contributed by atoms with Gasteiger partial charge in [-0.2, -0.15) is 5.10 Å². The van der Waals surface area contributed by atoms with Gasteiger partial charge in [-0.15, -0.1) is 0 Å². The molecular formula is C12H18N2O. The van der Waals surface area contributed by atoms with E-state index in [0.29, 0.717) is 11.7 Å². The van der Waals surface area contributed by atoms with E-state index < -0.39 is 0 Å². The number of Topliss-reactive ketones (excluding diaryl/α,β-unsaturated/α-hetero) is 1. The Bertz CT molecular complexity index is 333. The van der Waals surface area contributed by atoms with E-state index in [1.165, 1.54) is 5.56 Å². The molecule has 15 heavy (non-hydrogen) atoms. The second kappa shape index (κ2) is 4.60. The smallest absolute Gasteiger partial charge is 0.132 e. The predicted molar refractivity (Wildman–Crippen MR) is 58.6 cm³/mol. The van der Waals surface area contributed by atoms with Gasteiger partial charge in [0.1, 0.15) is 5.78 Å². The van der Waals surface area contributed by atoms with Crippen LogP contribution in [0.25, 0.3) is 0 Å². The van der Waals surface area contributed by atoms with E-state index in [4.69, 9.17) is 0 Å². The van der Waals surface area contributed by atoms with Gasteiger partial charge >= 0.3 is 0 Å². The molecule has 1 aliphatic rings. The first-order valence-corrected chi connectivity index (χ1v) is 5.81. The molecule has 1 saturated carbocycles. The number of carbonyl (C=O) groups excluding carboxylic acids is 1. The van der Waals surface area contributed by atoms with E-state index in [1.807, 2.05) is 10.9 Å². The molecule has 1 fully saturated rings. The van der Waals surface area contributed by atoms with Crippen molar-refractivity contribution in [3.63, 3.8) is 0 Å². The molecular weight excluding hydrogens is 188 g/mol. The van der Waals surface area contributed by atoms with Crippen molar-refractivity contribution in [2.24, 2.45) is 5.92 Å². The predicted octanol–water partition coefficient (Wildman–Crippen LogP) is 2.20. The highest BCUT2D eigenvalue weighted by Gasteiger charge is 2.19. The van der Waals surface area contributed by atoms with Gasteiger partial charge in [0.15, 0.2) is 0 Å². The van der Waals surface area contributed by atoms with E-state index in [0.717, 1.165) is 38.6 Å². The number of rotatable bonds is 3. The molecule has 0 bridgehead atoms. The van der Waals surface area contributed by atoms with Crippen LogP contribution in [0, 0.1) is 5.92 Å². The summed E-state index contributed by atoms with van der Waals surface area (Å²) >= 11 is 0. The van der Waals surface area contributed by atoms with Crippen LogP contribution in [0.3, 0.4) is 0 Å². The molecule has 2 rings (SSSR count). The topological polar surface area (TPSA) is 34.9 Å². The standard InChI is InChI=1S/C12H18N2O/c1-2-14-9-11(8-13-14)7-10-3-5-12(15)6-4-10/h8-10H,2-7H2,1H3. The first kappa shape index (κ1) is 10.4. The van der Waals surface area contributed by atoms with Gasteiger partial charge in [-0.05, 0) is 37.7 Å². The summed E-state index contributed by atoms with van der Waals surface area (Å²) < 4.78 is 1.96. The monoisotopic (exact) mass is 206 g/mol. The van der Waals surface area contributed by atoms with E-state index in [9.17, 15) is 4.79 Å². The maximum Gasteiger partial charge on any atom is 0.132 e. The van der Waals surface area contributed by atoms with Gasteiger partial charge < -0.3 is 0 Å². The Morgan fingerprint density at radius 1 is 1.47 bits per heavy atom. The molecule has 1 heterocycles. The molecule has 0 N–H and O–H groups in total. The average Bonchev–Trinajstić information content (AvgIpc) is 2.69. The van der Waals surface area contributed by atoms with Crippen molar-refractivity contribution in [2.45, 2.75) is 45.6 Å². The molecule has 0 aromatic carbocycles. The van der Waals surface area contributed by atoms with Crippen LogP contribution in [0.1, 0.15) is 38.2 Å². The highest BCUT2D eigenvalue weighted by molar-refractivity contribution is 5.79. The maximum absolute atomic E-state index is 11.1. The lowest BCUT2D eigenvalue weighted by Crippen LogP contribution is -2.15. The van der Waals surface area contributed by atoms with Gasteiger partial charge in [0.2, 0.25) is 0 Å². The third kappa shape index (κ3) is 2.67. The summed E-state index contributed by atoms with van der Waals surface area (Å²) in [5.41, 5.74) is 1.32. The summed E-state index contributed by atoms with van der Waals surface area (Å²) in [6.45, 7) is 3.03. The van der Waals surface area contributed by atoms with Crippen molar-refractivity contribution in [2.75, 3.05) is 0 Å². The number of carbonyl (C=O) groups is 1. The first-order valence-electron chi connectivity index (χ1n) is 5.81. The SMILES string of the molecule is CCn1cc(CC2CCC(=O)CC2)cn1. The number of nitrogens with zero attached hydrogens (tertiary/aromatic N) is 2. The lowest BCUT2D eigenvalue weighted by molar-refractivity contribution is -0.120. The molecule has 1 aromatic heterocycles. The zero-order chi connectivity index (χ0) is 10.7. The van der Waals surface area contributed by atoms with Gasteiger partial charge in [-0.1, -0.05) is 0 Å². The van der Waals surface area contributed by atoms with E-state index in [2.05, 4.69) is 18.2 Å². The summed E-state index contributed by atoms with van der Waals surface area (Å²) in [5.74, 6) is 1.13. The highest BCUT2D eigenvalue weighted by atomic mass is 16.1. The molecule has 0 radical (unpaired) electrons. The normalized spacial score (nSPS) is 18.3. The van der Waals surface area contributed by atoms with Crippen LogP contribution in [0.2, 0.25) is 0 Å². The molecule has 0 aliphatic heterocycles. The third-order valence-electron chi connectivity index (χ3n) is 3.20. The molecule has 0 atom stereocenters. The Morgan fingerprint density at radius 2 is 2.20 bits per heavy atom. The largest absolute Gasteiger partial charge is 0.300 e. The minimum Gasteiger partial charge on any atom is -0.300 e. The van der Waals surface area contributed by atoms with Crippen molar-refractivity contribution < 1.29 is 4.79 Å². The van der Waals surface area contributed by atoms with Crippen LogP contribution in [-0.4, -0.2) is 15.6 Å². The molecule has 0 saturated heterocycles. The number of ketones is 1. The number of aryl methyl sites for hydroxylation is 1. The average molecular weight is 206 g/mol. The van der Waals surface area contributed by atoms with Crippen LogP contribution in [-0.2, 0) is 17.8 Å². The van der Waals surface area contributed by atoms with Crippen molar-refractivity contribution in [1.82, 2.24) is 9.78 Å². The summed E-state index contributed by atoms with van der Waals surface area (Å²) in [6, 6.07) is 0. The fraction of sp³-hybridized carbons (Fsp3) is 0.667. The first-order chi connectivity index (χ1) is 7.28. The van der Waals surface area contributed by atoms with Gasteiger partial charge in [-0.25, -0.2) is 0 Å². The molecule has 1 aliphatic carbocycles. The Labute approximate surface area is 90.5 Å². The lowest BCUT2D eigenvalue weighted by Gasteiger charge is -2.19. The zero-order valence-corrected chi connectivity index (χ0v) is 9.28. The summed E-state index contributed by atoms with van der Waals surface area (Å²) in [6.07, 6.45) is 8.87. The van der Waals surface area contributed by atoms with E-state index >= 15 is 0 Å². The number of aromatic nitrogens is 2. The quantitative estimate of drug-likeness (QED) is 0.760. The Hall–Kier alpha value is -1.12. The second-order valence-corrected chi connectivity index (χ2v) is 4.39. The Balaban J connectivity index is 1.88. The summed E-state index contributed by atoms with van der Waals surface area (Å²) in [7, 11) is 0. The van der Waals surface area contributed by atoms with Crippen molar-refractivity contribution in [1.29, 1.82) is 0 Å². The van der Waals surface area contributed by atoms with E-state index in [1.54, 1.807) is 0 Å². The summed E-state index contributed by atoms with van der Waals surface area (Å²) in [5, 5.41) is 4.26. The number of hydrogen-bond acceptors (Lipinski definition) is 2. The number of hydrogen-bond donors (Lipinski definition) is 0. The second-order valence-electron chi connectivity index (χ2n) is 4.39. The Morgan fingerprint density at radius 3 is 2.80 bits per heavy atom. The highest BCUT2D eigenvalue weighted by Crippen LogP contribution is 2.24. The fourth-order valence-electron chi connectivity index (χ4n) is 2.22. The van der Waals surface area contributed by atoms with Crippen LogP contribution in [0.5, 0.6) is 0 Å². The Kier molecular flexibility index (Phi) is 3.19. The van der Waals surface area contributed by atoms with Gasteiger partial charge in [0.05, 0.1) is 6.20 Å². The minimum atomic E-state index is 0.440. The minimum absolute atomic E-state index is 0.440. The van der Waals surface area contributed by atoms with Crippen LogP contribution >= 0.6 is 0 Å². The van der Waals surface area contributed by atoms with Gasteiger partial charge in [0.25, 0.3) is 0 Å². The molecule has 0 spiro atoms.